The maximum atomic E-state index is 10.7. The maximum Gasteiger partial charge on any atom is 0.0718 e. The summed E-state index contributed by atoms with van der Waals surface area (Å²) in [5.74, 6) is 0.371. The Morgan fingerprint density at radius 2 is 2.00 bits per heavy atom. The standard InChI is InChI=1S/C14H21NO/c1-11-8-13(2,3)10-14(11,16)9-12-4-6-15-7-5-12/h4-7,11,16H,8-10H2,1-3H3. The summed E-state index contributed by atoms with van der Waals surface area (Å²) in [6, 6.07) is 3.99. The number of hydrogen-bond donors (Lipinski definition) is 1. The summed E-state index contributed by atoms with van der Waals surface area (Å²) in [6.07, 6.45) is 6.34. The van der Waals surface area contributed by atoms with Crippen LogP contribution in [0.1, 0.15) is 39.2 Å². The van der Waals surface area contributed by atoms with E-state index in [1.54, 1.807) is 12.4 Å². The van der Waals surface area contributed by atoms with Gasteiger partial charge in [0.2, 0.25) is 0 Å². The molecular formula is C14H21NO. The van der Waals surface area contributed by atoms with Crippen molar-refractivity contribution in [3.63, 3.8) is 0 Å². The molecule has 0 aliphatic heterocycles. The highest BCUT2D eigenvalue weighted by Gasteiger charge is 2.47. The highest BCUT2D eigenvalue weighted by atomic mass is 16.3. The molecule has 2 nitrogen and oxygen atoms in total. The summed E-state index contributed by atoms with van der Waals surface area (Å²) >= 11 is 0. The lowest BCUT2D eigenvalue weighted by Crippen LogP contribution is -2.34. The average molecular weight is 219 g/mol. The summed E-state index contributed by atoms with van der Waals surface area (Å²) in [5, 5.41) is 10.7. The summed E-state index contributed by atoms with van der Waals surface area (Å²) in [4.78, 5) is 4.01. The van der Waals surface area contributed by atoms with Crippen LogP contribution in [0.2, 0.25) is 0 Å². The van der Waals surface area contributed by atoms with E-state index < -0.39 is 5.60 Å². The van der Waals surface area contributed by atoms with Crippen LogP contribution in [-0.4, -0.2) is 15.7 Å². The Labute approximate surface area is 97.7 Å². The van der Waals surface area contributed by atoms with Crippen LogP contribution in [0.25, 0.3) is 0 Å². The van der Waals surface area contributed by atoms with Gasteiger partial charge in [-0.15, -0.1) is 0 Å². The van der Waals surface area contributed by atoms with Gasteiger partial charge in [0.15, 0.2) is 0 Å². The Morgan fingerprint density at radius 1 is 1.38 bits per heavy atom. The molecule has 1 aromatic rings. The minimum absolute atomic E-state index is 0.265. The van der Waals surface area contributed by atoms with Gasteiger partial charge in [-0.2, -0.15) is 0 Å². The van der Waals surface area contributed by atoms with E-state index in [1.807, 2.05) is 12.1 Å². The van der Waals surface area contributed by atoms with E-state index in [1.165, 1.54) is 5.56 Å². The maximum absolute atomic E-state index is 10.7. The molecule has 1 aliphatic rings. The van der Waals surface area contributed by atoms with Gasteiger partial charge in [0.1, 0.15) is 0 Å². The molecule has 1 aromatic heterocycles. The van der Waals surface area contributed by atoms with Gasteiger partial charge in [0, 0.05) is 18.8 Å². The van der Waals surface area contributed by atoms with Crippen molar-refractivity contribution in [1.29, 1.82) is 0 Å². The van der Waals surface area contributed by atoms with Crippen molar-refractivity contribution in [3.05, 3.63) is 30.1 Å². The van der Waals surface area contributed by atoms with Gasteiger partial charge in [-0.05, 0) is 41.9 Å². The summed E-state index contributed by atoms with van der Waals surface area (Å²) < 4.78 is 0. The molecule has 16 heavy (non-hydrogen) atoms. The lowest BCUT2D eigenvalue weighted by molar-refractivity contribution is 0.00444. The fraction of sp³-hybridized carbons (Fsp3) is 0.643. The minimum atomic E-state index is -0.537. The van der Waals surface area contributed by atoms with Crippen molar-refractivity contribution >= 4 is 0 Å². The monoisotopic (exact) mass is 219 g/mol. The fourth-order valence-corrected chi connectivity index (χ4v) is 3.18. The number of aromatic nitrogens is 1. The van der Waals surface area contributed by atoms with E-state index in [0.29, 0.717) is 5.92 Å². The Morgan fingerprint density at radius 3 is 2.50 bits per heavy atom. The molecule has 1 N–H and O–H groups in total. The van der Waals surface area contributed by atoms with Gasteiger partial charge < -0.3 is 5.11 Å². The van der Waals surface area contributed by atoms with Gasteiger partial charge in [0.05, 0.1) is 5.60 Å². The first-order valence-corrected chi connectivity index (χ1v) is 6.03. The van der Waals surface area contributed by atoms with Crippen molar-refractivity contribution < 1.29 is 5.11 Å². The van der Waals surface area contributed by atoms with Crippen LogP contribution in [0.3, 0.4) is 0 Å². The molecule has 88 valence electrons. The number of rotatable bonds is 2. The molecule has 0 saturated heterocycles. The molecule has 1 aliphatic carbocycles. The zero-order chi connectivity index (χ0) is 11.8. The molecule has 2 unspecified atom stereocenters. The molecular weight excluding hydrogens is 198 g/mol. The van der Waals surface area contributed by atoms with Crippen LogP contribution in [0.15, 0.2) is 24.5 Å². The van der Waals surface area contributed by atoms with E-state index in [-0.39, 0.29) is 5.41 Å². The molecule has 0 spiro atoms. The lowest BCUT2D eigenvalue weighted by Gasteiger charge is -2.28. The van der Waals surface area contributed by atoms with Crippen molar-refractivity contribution in [3.8, 4) is 0 Å². The van der Waals surface area contributed by atoms with Crippen molar-refractivity contribution in [2.24, 2.45) is 11.3 Å². The molecule has 2 atom stereocenters. The summed E-state index contributed by atoms with van der Waals surface area (Å²) in [7, 11) is 0. The minimum Gasteiger partial charge on any atom is -0.389 e. The molecule has 1 fully saturated rings. The molecule has 1 heterocycles. The van der Waals surface area contributed by atoms with E-state index >= 15 is 0 Å². The van der Waals surface area contributed by atoms with E-state index in [0.717, 1.165) is 19.3 Å². The second-order valence-corrected chi connectivity index (χ2v) is 6.08. The van der Waals surface area contributed by atoms with Gasteiger partial charge >= 0.3 is 0 Å². The molecule has 0 radical (unpaired) electrons. The normalized spacial score (nSPS) is 32.9. The first-order valence-electron chi connectivity index (χ1n) is 6.03. The van der Waals surface area contributed by atoms with Crippen molar-refractivity contribution in [1.82, 2.24) is 4.98 Å². The highest BCUT2D eigenvalue weighted by molar-refractivity contribution is 5.15. The van der Waals surface area contributed by atoms with Gasteiger partial charge in [-0.25, -0.2) is 0 Å². The highest BCUT2D eigenvalue weighted by Crippen LogP contribution is 2.48. The van der Waals surface area contributed by atoms with Crippen LogP contribution < -0.4 is 0 Å². The molecule has 0 aromatic carbocycles. The summed E-state index contributed by atoms with van der Waals surface area (Å²) in [5.41, 5.74) is 0.911. The molecule has 1 saturated carbocycles. The third kappa shape index (κ3) is 2.27. The van der Waals surface area contributed by atoms with Crippen molar-refractivity contribution in [2.45, 2.75) is 45.6 Å². The predicted molar refractivity (Wildman–Crippen MR) is 65.1 cm³/mol. The van der Waals surface area contributed by atoms with Gasteiger partial charge in [0.25, 0.3) is 0 Å². The Balaban J connectivity index is 2.15. The van der Waals surface area contributed by atoms with Gasteiger partial charge in [-0.1, -0.05) is 20.8 Å². The second kappa shape index (κ2) is 3.85. The smallest absolute Gasteiger partial charge is 0.0718 e. The van der Waals surface area contributed by atoms with Crippen LogP contribution in [0, 0.1) is 11.3 Å². The SMILES string of the molecule is CC1CC(C)(C)CC1(O)Cc1ccncc1. The van der Waals surface area contributed by atoms with Crippen LogP contribution in [0.5, 0.6) is 0 Å². The Kier molecular flexibility index (Phi) is 2.79. The Hall–Kier alpha value is -0.890. The molecule has 2 heteroatoms. The largest absolute Gasteiger partial charge is 0.389 e. The Bertz CT molecular complexity index is 360. The van der Waals surface area contributed by atoms with E-state index in [4.69, 9.17) is 0 Å². The average Bonchev–Trinajstić information content (AvgIpc) is 2.36. The van der Waals surface area contributed by atoms with E-state index in [2.05, 4.69) is 25.8 Å². The van der Waals surface area contributed by atoms with Crippen LogP contribution in [0.4, 0.5) is 0 Å². The van der Waals surface area contributed by atoms with Crippen LogP contribution >= 0.6 is 0 Å². The predicted octanol–water partition coefficient (Wildman–Crippen LogP) is 2.81. The molecule has 0 amide bonds. The third-order valence-corrected chi connectivity index (χ3v) is 3.82. The van der Waals surface area contributed by atoms with E-state index in [9.17, 15) is 5.11 Å². The summed E-state index contributed by atoms with van der Waals surface area (Å²) in [6.45, 7) is 6.65. The lowest BCUT2D eigenvalue weighted by atomic mass is 9.85. The van der Waals surface area contributed by atoms with Crippen LogP contribution in [-0.2, 0) is 6.42 Å². The quantitative estimate of drug-likeness (QED) is 0.829. The number of aliphatic hydroxyl groups is 1. The molecule has 2 rings (SSSR count). The van der Waals surface area contributed by atoms with Crippen molar-refractivity contribution in [2.75, 3.05) is 0 Å². The zero-order valence-corrected chi connectivity index (χ0v) is 10.4. The topological polar surface area (TPSA) is 33.1 Å². The zero-order valence-electron chi connectivity index (χ0n) is 10.4. The third-order valence-electron chi connectivity index (χ3n) is 3.82. The fourth-order valence-electron chi connectivity index (χ4n) is 3.18. The number of pyridine rings is 1. The first kappa shape index (κ1) is 11.6. The van der Waals surface area contributed by atoms with Gasteiger partial charge in [-0.3, -0.25) is 4.98 Å². The second-order valence-electron chi connectivity index (χ2n) is 6.08. The number of nitrogens with zero attached hydrogens (tertiary/aromatic N) is 1. The number of hydrogen-bond acceptors (Lipinski definition) is 2. The first-order chi connectivity index (χ1) is 7.41. The molecule has 0 bridgehead atoms.